The first-order chi connectivity index (χ1) is 13.0. The van der Waals surface area contributed by atoms with Crippen LogP contribution in [-0.2, 0) is 23.4 Å². The Balaban J connectivity index is 1.39. The molecule has 0 aliphatic heterocycles. The summed E-state index contributed by atoms with van der Waals surface area (Å²) in [4.78, 5) is 34.2. The standard InChI is InChI=1S/C19H18ClN3O2S2/c1-10-7-11(20)5-6-13(10)21-16(24)9-26-8-15-22-18(25)17-12-3-2-4-14(12)27-19(17)23-15/h5-7H,2-4,8-9H2,1H3,(H,21,24)(H,22,23,25). The molecule has 3 aromatic rings. The number of aryl methyl sites for hydroxylation is 3. The lowest BCUT2D eigenvalue weighted by Gasteiger charge is -2.08. The first kappa shape index (κ1) is 18.5. The highest BCUT2D eigenvalue weighted by Crippen LogP contribution is 2.34. The van der Waals surface area contributed by atoms with Crippen molar-refractivity contribution in [2.45, 2.75) is 31.9 Å². The van der Waals surface area contributed by atoms with E-state index in [1.807, 2.05) is 13.0 Å². The fraction of sp³-hybridized carbons (Fsp3) is 0.316. The average Bonchev–Trinajstić information content (AvgIpc) is 3.18. The van der Waals surface area contributed by atoms with Crippen molar-refractivity contribution < 1.29 is 4.79 Å². The summed E-state index contributed by atoms with van der Waals surface area (Å²) in [7, 11) is 0. The molecular formula is C19H18ClN3O2S2. The second-order valence-electron chi connectivity index (χ2n) is 6.55. The SMILES string of the molecule is Cc1cc(Cl)ccc1NC(=O)CSCc1nc2sc3c(c2c(=O)[nH]1)CCC3. The highest BCUT2D eigenvalue weighted by molar-refractivity contribution is 7.99. The van der Waals surface area contributed by atoms with E-state index < -0.39 is 0 Å². The molecule has 2 heterocycles. The average molecular weight is 420 g/mol. The summed E-state index contributed by atoms with van der Waals surface area (Å²) in [6.07, 6.45) is 3.14. The number of anilines is 1. The van der Waals surface area contributed by atoms with Gasteiger partial charge in [-0.15, -0.1) is 23.1 Å². The minimum Gasteiger partial charge on any atom is -0.325 e. The summed E-state index contributed by atoms with van der Waals surface area (Å²) in [5, 5.41) is 4.29. The molecule has 0 saturated carbocycles. The zero-order chi connectivity index (χ0) is 19.0. The van der Waals surface area contributed by atoms with Gasteiger partial charge in [-0.2, -0.15) is 0 Å². The minimum atomic E-state index is -0.0936. The number of aromatic amines is 1. The number of amides is 1. The number of rotatable bonds is 5. The van der Waals surface area contributed by atoms with Crippen LogP contribution in [-0.4, -0.2) is 21.6 Å². The third-order valence-corrected chi connectivity index (χ3v) is 6.92. The van der Waals surface area contributed by atoms with Crippen LogP contribution in [0.15, 0.2) is 23.0 Å². The normalized spacial score (nSPS) is 13.1. The molecule has 140 valence electrons. The molecule has 4 rings (SSSR count). The number of thioether (sulfide) groups is 1. The van der Waals surface area contributed by atoms with E-state index in [1.165, 1.54) is 22.2 Å². The van der Waals surface area contributed by atoms with Crippen LogP contribution < -0.4 is 10.9 Å². The highest BCUT2D eigenvalue weighted by Gasteiger charge is 2.21. The number of H-pyrrole nitrogens is 1. The van der Waals surface area contributed by atoms with Gasteiger partial charge in [0, 0.05) is 15.6 Å². The van der Waals surface area contributed by atoms with E-state index in [2.05, 4.69) is 15.3 Å². The summed E-state index contributed by atoms with van der Waals surface area (Å²) in [5.74, 6) is 1.29. The fourth-order valence-corrected chi connectivity index (χ4v) is 5.51. The molecule has 1 amide bonds. The van der Waals surface area contributed by atoms with Crippen LogP contribution in [0.5, 0.6) is 0 Å². The van der Waals surface area contributed by atoms with Crippen molar-refractivity contribution in [3.05, 3.63) is 55.4 Å². The summed E-state index contributed by atoms with van der Waals surface area (Å²) in [6, 6.07) is 5.36. The molecule has 0 spiro atoms. The summed E-state index contributed by atoms with van der Waals surface area (Å²) in [6.45, 7) is 1.90. The van der Waals surface area contributed by atoms with Gasteiger partial charge in [0.05, 0.1) is 16.9 Å². The maximum Gasteiger partial charge on any atom is 0.259 e. The molecule has 0 atom stereocenters. The predicted octanol–water partition coefficient (Wildman–Crippen LogP) is 4.31. The number of nitrogens with one attached hydrogen (secondary N) is 2. The van der Waals surface area contributed by atoms with Crippen molar-refractivity contribution in [1.82, 2.24) is 9.97 Å². The number of hydrogen-bond acceptors (Lipinski definition) is 5. The molecule has 0 fully saturated rings. The Morgan fingerprint density at radius 1 is 1.41 bits per heavy atom. The van der Waals surface area contributed by atoms with Crippen molar-refractivity contribution >= 4 is 56.5 Å². The van der Waals surface area contributed by atoms with Gasteiger partial charge in [-0.3, -0.25) is 9.59 Å². The lowest BCUT2D eigenvalue weighted by atomic mass is 10.2. The quantitative estimate of drug-likeness (QED) is 0.646. The first-order valence-electron chi connectivity index (χ1n) is 8.68. The summed E-state index contributed by atoms with van der Waals surface area (Å²) in [5.41, 5.74) is 2.80. The molecule has 5 nitrogen and oxygen atoms in total. The Morgan fingerprint density at radius 2 is 2.26 bits per heavy atom. The summed E-state index contributed by atoms with van der Waals surface area (Å²) >= 11 is 8.98. The van der Waals surface area contributed by atoms with Gasteiger partial charge in [-0.05, 0) is 55.5 Å². The van der Waals surface area contributed by atoms with Gasteiger partial charge in [0.2, 0.25) is 5.91 Å². The van der Waals surface area contributed by atoms with Crippen molar-refractivity contribution in [1.29, 1.82) is 0 Å². The smallest absolute Gasteiger partial charge is 0.259 e. The molecule has 0 saturated heterocycles. The molecule has 0 unspecified atom stereocenters. The van der Waals surface area contributed by atoms with E-state index in [9.17, 15) is 9.59 Å². The Hall–Kier alpha value is -1.83. The van der Waals surface area contributed by atoms with Gasteiger partial charge in [0.15, 0.2) is 0 Å². The number of aromatic nitrogens is 2. The number of fused-ring (bicyclic) bond motifs is 3. The molecule has 1 aliphatic rings. The Kier molecular flexibility index (Phi) is 5.25. The number of carbonyl (C=O) groups excluding carboxylic acids is 1. The Morgan fingerprint density at radius 3 is 3.07 bits per heavy atom. The lowest BCUT2D eigenvalue weighted by Crippen LogP contribution is -2.16. The second-order valence-corrected chi connectivity index (χ2v) is 9.06. The second kappa shape index (κ2) is 7.66. The van der Waals surface area contributed by atoms with Crippen LogP contribution >= 0.6 is 34.7 Å². The van der Waals surface area contributed by atoms with Gasteiger partial charge in [-0.1, -0.05) is 11.6 Å². The number of nitrogens with zero attached hydrogens (tertiary/aromatic N) is 1. The van der Waals surface area contributed by atoms with Crippen LogP contribution in [0.3, 0.4) is 0 Å². The van der Waals surface area contributed by atoms with Gasteiger partial charge in [0.1, 0.15) is 10.7 Å². The Labute approximate surface area is 169 Å². The van der Waals surface area contributed by atoms with E-state index in [0.29, 0.717) is 16.6 Å². The van der Waals surface area contributed by atoms with E-state index >= 15 is 0 Å². The monoisotopic (exact) mass is 419 g/mol. The maximum atomic E-state index is 12.4. The number of hydrogen-bond donors (Lipinski definition) is 2. The molecule has 8 heteroatoms. The lowest BCUT2D eigenvalue weighted by molar-refractivity contribution is -0.113. The van der Waals surface area contributed by atoms with E-state index in [4.69, 9.17) is 11.6 Å². The Bertz CT molecular complexity index is 1090. The molecule has 1 aliphatic carbocycles. The molecule has 0 bridgehead atoms. The zero-order valence-corrected chi connectivity index (χ0v) is 17.1. The minimum absolute atomic E-state index is 0.0590. The van der Waals surface area contributed by atoms with Gasteiger partial charge in [-0.25, -0.2) is 4.98 Å². The molecule has 0 radical (unpaired) electrons. The van der Waals surface area contributed by atoms with Crippen molar-refractivity contribution in [2.75, 3.05) is 11.1 Å². The number of thiophene rings is 1. The summed E-state index contributed by atoms with van der Waals surface area (Å²) < 4.78 is 0. The van der Waals surface area contributed by atoms with Gasteiger partial charge < -0.3 is 10.3 Å². The van der Waals surface area contributed by atoms with Crippen LogP contribution in [0.4, 0.5) is 5.69 Å². The molecular weight excluding hydrogens is 402 g/mol. The van der Waals surface area contributed by atoms with Crippen LogP contribution in [0.1, 0.15) is 28.2 Å². The number of carbonyl (C=O) groups is 1. The number of halogens is 1. The number of benzene rings is 1. The van der Waals surface area contributed by atoms with E-state index in [1.54, 1.807) is 23.5 Å². The first-order valence-corrected chi connectivity index (χ1v) is 11.0. The van der Waals surface area contributed by atoms with E-state index in [0.717, 1.165) is 40.7 Å². The third-order valence-electron chi connectivity index (χ3n) is 4.56. The predicted molar refractivity (Wildman–Crippen MR) is 113 cm³/mol. The van der Waals surface area contributed by atoms with Crippen molar-refractivity contribution in [3.8, 4) is 0 Å². The molecule has 2 N–H and O–H groups in total. The maximum absolute atomic E-state index is 12.4. The molecule has 1 aromatic carbocycles. The van der Waals surface area contributed by atoms with Gasteiger partial charge in [0.25, 0.3) is 5.56 Å². The van der Waals surface area contributed by atoms with Crippen molar-refractivity contribution in [2.24, 2.45) is 0 Å². The van der Waals surface area contributed by atoms with Crippen LogP contribution in [0.25, 0.3) is 10.2 Å². The van der Waals surface area contributed by atoms with Crippen LogP contribution in [0, 0.1) is 6.92 Å². The highest BCUT2D eigenvalue weighted by atomic mass is 35.5. The fourth-order valence-electron chi connectivity index (χ4n) is 3.31. The zero-order valence-electron chi connectivity index (χ0n) is 14.7. The van der Waals surface area contributed by atoms with Crippen LogP contribution in [0.2, 0.25) is 5.02 Å². The third kappa shape index (κ3) is 3.90. The van der Waals surface area contributed by atoms with Crippen molar-refractivity contribution in [3.63, 3.8) is 0 Å². The molecule has 27 heavy (non-hydrogen) atoms. The largest absolute Gasteiger partial charge is 0.325 e. The van der Waals surface area contributed by atoms with Gasteiger partial charge >= 0.3 is 0 Å². The topological polar surface area (TPSA) is 74.8 Å². The molecule has 2 aromatic heterocycles. The van der Waals surface area contributed by atoms with E-state index in [-0.39, 0.29) is 17.2 Å².